The van der Waals surface area contributed by atoms with Crippen LogP contribution in [0.3, 0.4) is 0 Å². The number of nitrogens with zero attached hydrogens (tertiary/aromatic N) is 2. The Labute approximate surface area is 197 Å². The lowest BCUT2D eigenvalue weighted by molar-refractivity contribution is -0.137. The molecule has 1 N–H and O–H groups in total. The second kappa shape index (κ2) is 8.46. The van der Waals surface area contributed by atoms with Gasteiger partial charge in [0.05, 0.1) is 28.6 Å². The van der Waals surface area contributed by atoms with Gasteiger partial charge in [0.15, 0.2) is 0 Å². The first kappa shape index (κ1) is 21.9. The average Bonchev–Trinajstić information content (AvgIpc) is 3.04. The summed E-state index contributed by atoms with van der Waals surface area (Å²) in [6.45, 7) is 2.27. The molecule has 0 radical (unpaired) electrons. The summed E-state index contributed by atoms with van der Waals surface area (Å²) in [5.41, 5.74) is 3.69. The predicted octanol–water partition coefficient (Wildman–Crippen LogP) is 4.85. The Balaban J connectivity index is 1.42. The Morgan fingerprint density at radius 2 is 1.74 bits per heavy atom. The van der Waals surface area contributed by atoms with Crippen molar-refractivity contribution < 1.29 is 23.1 Å². The minimum Gasteiger partial charge on any atom is -0.489 e. The molecule has 34 heavy (non-hydrogen) atoms. The first-order chi connectivity index (χ1) is 16.3. The molecule has 5 rings (SSSR count). The molecule has 8 heteroatoms. The van der Waals surface area contributed by atoms with Crippen LogP contribution in [-0.2, 0) is 21.4 Å². The van der Waals surface area contributed by atoms with Crippen LogP contribution in [0.15, 0.2) is 83.8 Å². The summed E-state index contributed by atoms with van der Waals surface area (Å²) in [5, 5.41) is 10.4. The number of aliphatic carboxylic acids is 1. The molecule has 0 saturated heterocycles. The molecule has 3 aromatic carbocycles. The number of aromatic nitrogens is 1. The van der Waals surface area contributed by atoms with E-state index in [0.717, 1.165) is 22.2 Å². The maximum Gasteiger partial charge on any atom is 0.305 e. The number of benzene rings is 3. The van der Waals surface area contributed by atoms with Crippen LogP contribution < -0.4 is 9.04 Å². The van der Waals surface area contributed by atoms with E-state index in [0.29, 0.717) is 23.6 Å². The van der Waals surface area contributed by atoms with Gasteiger partial charge in [-0.05, 0) is 55.0 Å². The molecule has 1 atom stereocenters. The van der Waals surface area contributed by atoms with Gasteiger partial charge in [0, 0.05) is 16.6 Å². The smallest absolute Gasteiger partial charge is 0.305 e. The van der Waals surface area contributed by atoms with Gasteiger partial charge >= 0.3 is 5.97 Å². The van der Waals surface area contributed by atoms with Crippen molar-refractivity contribution in [3.8, 4) is 5.75 Å². The topological polar surface area (TPSA) is 96.8 Å². The van der Waals surface area contributed by atoms with Crippen molar-refractivity contribution in [3.63, 3.8) is 0 Å². The number of hydrogen-bond donors (Lipinski definition) is 1. The third kappa shape index (κ3) is 3.86. The predicted molar refractivity (Wildman–Crippen MR) is 128 cm³/mol. The van der Waals surface area contributed by atoms with Gasteiger partial charge < -0.3 is 9.84 Å². The first-order valence-electron chi connectivity index (χ1n) is 10.8. The highest BCUT2D eigenvalue weighted by molar-refractivity contribution is 7.93. The van der Waals surface area contributed by atoms with Crippen molar-refractivity contribution in [1.29, 1.82) is 0 Å². The minimum atomic E-state index is -3.87. The van der Waals surface area contributed by atoms with Crippen molar-refractivity contribution in [2.45, 2.75) is 30.9 Å². The number of para-hydroxylation sites is 1. The van der Waals surface area contributed by atoms with Gasteiger partial charge in [-0.2, -0.15) is 0 Å². The summed E-state index contributed by atoms with van der Waals surface area (Å²) < 4.78 is 33.6. The summed E-state index contributed by atoms with van der Waals surface area (Å²) in [6, 6.07) is 22.3. The number of carboxylic acid groups (broad SMARTS) is 1. The number of carbonyl (C=O) groups is 1. The SMILES string of the molecule is Cc1cc(COc2ccc(N3C(CC(=O)O)c4ccccc4S3(=O)=O)cc2)c2ccccc2n1. The Morgan fingerprint density at radius 1 is 1.03 bits per heavy atom. The number of ether oxygens (including phenoxy) is 1. The van der Waals surface area contributed by atoms with E-state index in [9.17, 15) is 18.3 Å². The molecule has 1 aliphatic rings. The van der Waals surface area contributed by atoms with Crippen molar-refractivity contribution in [2.24, 2.45) is 0 Å². The van der Waals surface area contributed by atoms with Crippen LogP contribution in [0.1, 0.15) is 29.3 Å². The zero-order chi connectivity index (χ0) is 23.9. The molecule has 0 amide bonds. The van der Waals surface area contributed by atoms with E-state index in [1.807, 2.05) is 37.3 Å². The highest BCUT2D eigenvalue weighted by atomic mass is 32.2. The maximum atomic E-state index is 13.2. The molecule has 0 saturated carbocycles. The van der Waals surface area contributed by atoms with Gasteiger partial charge in [-0.3, -0.25) is 14.1 Å². The monoisotopic (exact) mass is 474 g/mol. The lowest BCUT2D eigenvalue weighted by atomic mass is 10.0. The average molecular weight is 475 g/mol. The van der Waals surface area contributed by atoms with Crippen molar-refractivity contribution in [3.05, 3.63) is 95.7 Å². The van der Waals surface area contributed by atoms with Crippen molar-refractivity contribution in [2.75, 3.05) is 4.31 Å². The van der Waals surface area contributed by atoms with E-state index < -0.39 is 22.0 Å². The van der Waals surface area contributed by atoms with Crippen molar-refractivity contribution >= 4 is 32.6 Å². The largest absolute Gasteiger partial charge is 0.489 e. The second-order valence-electron chi connectivity index (χ2n) is 8.17. The molecule has 1 aromatic heterocycles. The highest BCUT2D eigenvalue weighted by Gasteiger charge is 2.43. The number of carboxylic acids is 1. The van der Waals surface area contributed by atoms with E-state index in [1.54, 1.807) is 42.5 Å². The summed E-state index contributed by atoms with van der Waals surface area (Å²) in [4.78, 5) is 16.2. The van der Waals surface area contributed by atoms with Crippen LogP contribution >= 0.6 is 0 Å². The Kier molecular flexibility index (Phi) is 5.45. The Hall–Kier alpha value is -3.91. The third-order valence-electron chi connectivity index (χ3n) is 5.88. The van der Waals surface area contributed by atoms with Gasteiger partial charge in [-0.1, -0.05) is 36.4 Å². The number of hydrogen-bond acceptors (Lipinski definition) is 5. The van der Waals surface area contributed by atoms with Crippen LogP contribution in [0.25, 0.3) is 10.9 Å². The maximum absolute atomic E-state index is 13.2. The molecular weight excluding hydrogens is 452 g/mol. The molecule has 0 fully saturated rings. The number of rotatable bonds is 6. The van der Waals surface area contributed by atoms with Crippen molar-refractivity contribution in [1.82, 2.24) is 4.98 Å². The quantitative estimate of drug-likeness (QED) is 0.429. The fraction of sp³-hybridized carbons (Fsp3) is 0.154. The summed E-state index contributed by atoms with van der Waals surface area (Å²) in [7, 11) is -3.87. The number of fused-ring (bicyclic) bond motifs is 2. The van der Waals surface area contributed by atoms with E-state index in [2.05, 4.69) is 4.98 Å². The summed E-state index contributed by atoms with van der Waals surface area (Å²) in [6.07, 6.45) is -0.330. The Bertz CT molecular complexity index is 1500. The summed E-state index contributed by atoms with van der Waals surface area (Å²) >= 11 is 0. The van der Waals surface area contributed by atoms with Gasteiger partial charge in [0.1, 0.15) is 12.4 Å². The number of pyridine rings is 1. The summed E-state index contributed by atoms with van der Waals surface area (Å²) in [5.74, 6) is -0.493. The molecule has 0 spiro atoms. The second-order valence-corrected chi connectivity index (χ2v) is 9.96. The molecule has 0 bridgehead atoms. The van der Waals surface area contributed by atoms with Crippen LogP contribution in [0.4, 0.5) is 5.69 Å². The molecule has 7 nitrogen and oxygen atoms in total. The van der Waals surface area contributed by atoms with Gasteiger partial charge in [-0.15, -0.1) is 0 Å². The molecule has 0 aliphatic carbocycles. The van der Waals surface area contributed by atoms with E-state index in [-0.39, 0.29) is 11.3 Å². The fourth-order valence-electron chi connectivity index (χ4n) is 4.43. The minimum absolute atomic E-state index is 0.140. The fourth-order valence-corrected chi connectivity index (χ4v) is 6.32. The van der Waals surface area contributed by atoms with Crippen LogP contribution in [0, 0.1) is 6.92 Å². The zero-order valence-electron chi connectivity index (χ0n) is 18.4. The third-order valence-corrected chi connectivity index (χ3v) is 7.79. The molecule has 1 unspecified atom stereocenters. The van der Waals surface area contributed by atoms with Crippen LogP contribution in [-0.4, -0.2) is 24.5 Å². The van der Waals surface area contributed by atoms with Gasteiger partial charge in [-0.25, -0.2) is 8.42 Å². The molecule has 4 aromatic rings. The Morgan fingerprint density at radius 3 is 2.50 bits per heavy atom. The van der Waals surface area contributed by atoms with E-state index >= 15 is 0 Å². The van der Waals surface area contributed by atoms with Crippen LogP contribution in [0.2, 0.25) is 0 Å². The number of aryl methyl sites for hydroxylation is 1. The molecule has 2 heterocycles. The van der Waals surface area contributed by atoms with E-state index in [1.165, 1.54) is 10.4 Å². The van der Waals surface area contributed by atoms with Gasteiger partial charge in [0.2, 0.25) is 0 Å². The number of sulfonamides is 1. The van der Waals surface area contributed by atoms with Crippen LogP contribution in [0.5, 0.6) is 5.75 Å². The standard InChI is InChI=1S/C26H22N2O5S/c1-17-14-18(21-6-2-4-8-23(21)27-17)16-33-20-12-10-19(11-13-20)28-24(15-26(29)30)22-7-3-5-9-25(22)34(28,31)32/h2-14,24H,15-16H2,1H3,(H,29,30). The number of anilines is 1. The van der Waals surface area contributed by atoms with Gasteiger partial charge in [0.25, 0.3) is 10.0 Å². The molecule has 1 aliphatic heterocycles. The highest BCUT2D eigenvalue weighted by Crippen LogP contribution is 2.44. The zero-order valence-corrected chi connectivity index (χ0v) is 19.2. The molecular formula is C26H22N2O5S. The lowest BCUT2D eigenvalue weighted by Gasteiger charge is -2.24. The first-order valence-corrected chi connectivity index (χ1v) is 12.2. The molecule has 172 valence electrons. The normalized spacial score (nSPS) is 16.4. The van der Waals surface area contributed by atoms with E-state index in [4.69, 9.17) is 4.74 Å². The lowest BCUT2D eigenvalue weighted by Crippen LogP contribution is -2.29.